The molecule has 0 saturated heterocycles. The summed E-state index contributed by atoms with van der Waals surface area (Å²) in [6.45, 7) is 32.2. The molecule has 670 valence electrons. The Kier molecular flexibility index (Phi) is 34.1. The van der Waals surface area contributed by atoms with E-state index in [1.54, 1.807) is 72.3 Å². The average molecular weight is 1740 g/mol. The number of halogens is 7. The van der Waals surface area contributed by atoms with E-state index in [0.717, 1.165) is 91.5 Å². The van der Waals surface area contributed by atoms with Crippen LogP contribution in [0.25, 0.3) is 84.4 Å². The minimum Gasteiger partial charge on any atom is -0.351 e. The Bertz CT molecular complexity index is 5930. The maximum absolute atomic E-state index is 14.0. The van der Waals surface area contributed by atoms with Gasteiger partial charge < -0.3 is 9.13 Å². The first-order valence-electron chi connectivity index (χ1n) is 43.7. The van der Waals surface area contributed by atoms with Crippen molar-refractivity contribution in [3.63, 3.8) is 0 Å². The van der Waals surface area contributed by atoms with Gasteiger partial charge in [-0.25, -0.2) is 35.4 Å². The second kappa shape index (κ2) is 44.9. The van der Waals surface area contributed by atoms with E-state index in [4.69, 9.17) is 0 Å². The normalized spacial score (nSPS) is 11.6. The third-order valence-corrected chi connectivity index (χ3v) is 21.9. The van der Waals surface area contributed by atoms with Crippen molar-refractivity contribution in [3.8, 4) is 84.4 Å². The highest BCUT2D eigenvalue weighted by Crippen LogP contribution is 2.37. The lowest BCUT2D eigenvalue weighted by Crippen LogP contribution is -2.00. The molecule has 1 aliphatic carbocycles. The molecule has 15 nitrogen and oxygen atoms in total. The molecule has 16 aromatic rings. The first-order valence-corrected chi connectivity index (χ1v) is 43.7. The fourth-order valence-electron chi connectivity index (χ4n) is 14.3. The zero-order valence-corrected chi connectivity index (χ0v) is 77.8. The van der Waals surface area contributed by atoms with Gasteiger partial charge >= 0.3 is 0 Å². The van der Waals surface area contributed by atoms with Gasteiger partial charge in [0, 0.05) is 166 Å². The third-order valence-electron chi connectivity index (χ3n) is 21.9. The molecular weight excluding hydrogens is 1620 g/mol. The predicted octanol–water partition coefficient (Wildman–Crippen LogP) is 27.8. The van der Waals surface area contributed by atoms with Gasteiger partial charge in [-0.15, -0.1) is 0 Å². The van der Waals surface area contributed by atoms with Gasteiger partial charge in [-0.3, -0.25) is 28.4 Å². The molecule has 0 atom stereocenters. The molecule has 9 aromatic heterocycles. The summed E-state index contributed by atoms with van der Waals surface area (Å²) in [5.41, 5.74) is 19.8. The lowest BCUT2D eigenvalue weighted by Gasteiger charge is -2.11. The van der Waals surface area contributed by atoms with Crippen molar-refractivity contribution >= 4 is 0 Å². The highest BCUT2D eigenvalue weighted by atomic mass is 19.2. The summed E-state index contributed by atoms with van der Waals surface area (Å²) in [6.07, 6.45) is 24.9. The van der Waals surface area contributed by atoms with Crippen LogP contribution in [0.4, 0.5) is 30.7 Å². The quantitative estimate of drug-likeness (QED) is 0.0830. The predicted molar refractivity (Wildman–Crippen MR) is 506 cm³/mol. The SMILES string of the molecule is CC(C)c1c(F)cc(-c2cccn2C)cc1F.CC(C)c1c(F)cc(-c2ccn(C3CC3)n2)cc1F.CC(C)c1ccc(-c2cccn2C)cc1F.CC(C)c1ccc(-c2ccn(C)n2)cc1.CC(C)c1ccc(-c2ccn(C)n2)cc1F.CC(C)c1ccc(-c2cnn(C)c2)cc1F.CC(C)c1ccc(-c2cnn(C)c2)nc1.CC(C)c1ccc(-n2cccn2)cc1. The van der Waals surface area contributed by atoms with Crippen LogP contribution in [0.5, 0.6) is 0 Å². The van der Waals surface area contributed by atoms with E-state index in [1.165, 1.54) is 46.5 Å². The molecule has 1 aliphatic rings. The summed E-state index contributed by atoms with van der Waals surface area (Å²) in [5, 5.41) is 25.4. The zero-order chi connectivity index (χ0) is 92.9. The molecule has 0 radical (unpaired) electrons. The molecular formula is C106H122F7N15. The highest BCUT2D eigenvalue weighted by molar-refractivity contribution is 5.66. The molecule has 0 spiro atoms. The summed E-state index contributed by atoms with van der Waals surface area (Å²) in [4.78, 5) is 4.43. The molecule has 0 N–H and O–H groups in total. The molecule has 1 saturated carbocycles. The maximum Gasteiger partial charge on any atom is 0.130 e. The number of pyridine rings is 1. The molecule has 0 bridgehead atoms. The number of benzene rings is 7. The zero-order valence-electron chi connectivity index (χ0n) is 77.8. The molecule has 22 heteroatoms. The van der Waals surface area contributed by atoms with Crippen molar-refractivity contribution in [1.82, 2.24) is 72.8 Å². The number of hydrogen-bond acceptors (Lipinski definition) is 7. The Labute approximate surface area is 750 Å². The Morgan fingerprint density at radius 2 is 0.688 bits per heavy atom. The summed E-state index contributed by atoms with van der Waals surface area (Å²) in [5.74, 6) is -0.337. The van der Waals surface area contributed by atoms with Gasteiger partial charge in [-0.2, -0.15) is 30.6 Å². The first-order chi connectivity index (χ1) is 60.9. The van der Waals surface area contributed by atoms with Crippen molar-refractivity contribution in [2.24, 2.45) is 42.3 Å². The van der Waals surface area contributed by atoms with Crippen molar-refractivity contribution in [2.75, 3.05) is 0 Å². The molecule has 1 fully saturated rings. The van der Waals surface area contributed by atoms with Gasteiger partial charge in [-0.1, -0.05) is 190 Å². The van der Waals surface area contributed by atoms with Crippen LogP contribution < -0.4 is 0 Å². The van der Waals surface area contributed by atoms with Crippen molar-refractivity contribution in [1.29, 1.82) is 0 Å². The summed E-state index contributed by atoms with van der Waals surface area (Å²) >= 11 is 0. The lowest BCUT2D eigenvalue weighted by molar-refractivity contribution is 0.541. The van der Waals surface area contributed by atoms with E-state index < -0.39 is 23.3 Å². The van der Waals surface area contributed by atoms with Gasteiger partial charge in [-0.05, 0) is 208 Å². The monoisotopic (exact) mass is 1740 g/mol. The van der Waals surface area contributed by atoms with E-state index in [-0.39, 0.29) is 58.2 Å². The number of hydrogen-bond donors (Lipinski definition) is 0. The van der Waals surface area contributed by atoms with Crippen LogP contribution in [0, 0.1) is 40.7 Å². The van der Waals surface area contributed by atoms with Crippen LogP contribution in [-0.2, 0) is 42.3 Å². The van der Waals surface area contributed by atoms with E-state index >= 15 is 0 Å². The largest absolute Gasteiger partial charge is 0.351 e. The van der Waals surface area contributed by atoms with Gasteiger partial charge in [0.15, 0.2) is 0 Å². The topological polar surface area (TPSA) is 130 Å². The molecule has 128 heavy (non-hydrogen) atoms. The molecule has 9 heterocycles. The van der Waals surface area contributed by atoms with Crippen LogP contribution >= 0.6 is 0 Å². The Balaban J connectivity index is 0.000000153. The Hall–Kier alpha value is -13.0. The van der Waals surface area contributed by atoms with Crippen LogP contribution in [0.2, 0.25) is 0 Å². The van der Waals surface area contributed by atoms with Crippen molar-refractivity contribution in [3.05, 3.63) is 348 Å². The number of aromatic nitrogens is 15. The first kappa shape index (κ1) is 97.2. The van der Waals surface area contributed by atoms with E-state index in [1.807, 2.05) is 260 Å². The third kappa shape index (κ3) is 26.6. The summed E-state index contributed by atoms with van der Waals surface area (Å²) in [6, 6.07) is 58.7. The smallest absolute Gasteiger partial charge is 0.130 e. The minimum atomic E-state index is -0.494. The van der Waals surface area contributed by atoms with E-state index in [2.05, 4.69) is 132 Å². The van der Waals surface area contributed by atoms with Gasteiger partial charge in [0.1, 0.15) is 40.7 Å². The van der Waals surface area contributed by atoms with Crippen molar-refractivity contribution in [2.45, 2.75) is 177 Å². The van der Waals surface area contributed by atoms with Gasteiger partial charge in [0.05, 0.1) is 46.9 Å². The lowest BCUT2D eigenvalue weighted by atomic mass is 9.99. The molecule has 0 unspecified atom stereocenters. The molecule has 17 rings (SSSR count). The fourth-order valence-corrected chi connectivity index (χ4v) is 14.3. The van der Waals surface area contributed by atoms with E-state index in [0.29, 0.717) is 40.6 Å². The molecule has 7 aromatic carbocycles. The maximum atomic E-state index is 14.0. The van der Waals surface area contributed by atoms with Crippen LogP contribution in [0.1, 0.15) is 222 Å². The second-order valence-corrected chi connectivity index (χ2v) is 34.8. The highest BCUT2D eigenvalue weighted by Gasteiger charge is 2.26. The van der Waals surface area contributed by atoms with Crippen LogP contribution in [-0.4, -0.2) is 72.8 Å². The molecule has 0 amide bonds. The second-order valence-electron chi connectivity index (χ2n) is 34.8. The minimum absolute atomic E-state index is 0.117. The number of nitrogens with zero attached hydrogens (tertiary/aromatic N) is 15. The Morgan fingerprint density at radius 3 is 1.08 bits per heavy atom. The fraction of sp³-hybridized carbons (Fsp3) is 0.311. The van der Waals surface area contributed by atoms with Gasteiger partial charge in [0.25, 0.3) is 0 Å². The average Bonchev–Trinajstić information content (AvgIpc) is 1.58. The van der Waals surface area contributed by atoms with Gasteiger partial charge in [0.2, 0.25) is 0 Å². The van der Waals surface area contributed by atoms with E-state index in [9.17, 15) is 30.7 Å². The standard InChI is InChI=1S/C15H16F2N2.C14H15F2N.C14H16FN.2C13H15FN2.C13H16N2.C12H15N3.C12H14N2/c1-9(2)15-12(16)7-10(8-13(15)17)14-5-6-19(18-14)11-3-4-11;1-9(2)14-11(15)7-10(8-12(14)16)13-5-4-6-17(13)3;1-10(2)12-7-6-11(9-13(12)15)14-5-4-8-16(14)3;1-9(2)12-5-4-10(6-13(12)14)11-7-15-16(3)8-11;1-9(2)11-5-4-10(8-12(11)14)13-6-7-16(3)15-13;1-10(2)11-4-6-12(7-5-11)13-8-9-15(3)14-13;1-9(2)10-4-5-12(13-6-10)11-7-14-15(3)8-11;1-10(2)11-4-6-12(7-5-11)14-9-3-8-13-14/h5-9,11H,3-4H2,1-2H3;4-9H,1-3H3;4-10H,1-3H3;2*4-9H,1-3H3;4-10H,1-3H3;4-9H,1-3H3;3-10H,1-2H3. The van der Waals surface area contributed by atoms with Crippen LogP contribution in [0.3, 0.4) is 0 Å². The van der Waals surface area contributed by atoms with Crippen molar-refractivity contribution < 1.29 is 30.7 Å². The number of aryl methyl sites for hydroxylation is 6. The van der Waals surface area contributed by atoms with Crippen LogP contribution in [0.15, 0.2) is 262 Å². The summed E-state index contributed by atoms with van der Waals surface area (Å²) in [7, 11) is 11.4. The number of rotatable bonds is 17. The molecule has 0 aliphatic heterocycles. The Morgan fingerprint density at radius 1 is 0.289 bits per heavy atom. The summed E-state index contributed by atoms with van der Waals surface area (Å²) < 4.78 is 112.